The van der Waals surface area contributed by atoms with Crippen molar-refractivity contribution in [2.24, 2.45) is 0 Å². The molecule has 0 saturated heterocycles. The average molecular weight is 501 g/mol. The Morgan fingerprint density at radius 1 is 1.29 bits per heavy atom. The molecule has 1 aliphatic rings. The number of hydrogen-bond acceptors (Lipinski definition) is 6. The first-order valence-corrected chi connectivity index (χ1v) is 11.9. The van der Waals surface area contributed by atoms with E-state index < -0.39 is 17.1 Å². The Kier molecular flexibility index (Phi) is 6.01. The van der Waals surface area contributed by atoms with Gasteiger partial charge in [-0.05, 0) is 24.1 Å². The first-order chi connectivity index (χ1) is 16.4. The molecule has 174 valence electrons. The number of thiazole rings is 1. The first kappa shape index (κ1) is 22.4. The summed E-state index contributed by atoms with van der Waals surface area (Å²) < 4.78 is 17.9. The van der Waals surface area contributed by atoms with Gasteiger partial charge in [-0.2, -0.15) is 4.58 Å². The predicted octanol–water partition coefficient (Wildman–Crippen LogP) is 3.50. The highest BCUT2D eigenvalue weighted by Gasteiger charge is 2.23. The van der Waals surface area contributed by atoms with Gasteiger partial charge in [0.15, 0.2) is 18.8 Å². The molecule has 3 aromatic heterocycles. The van der Waals surface area contributed by atoms with Crippen LogP contribution in [0.25, 0.3) is 16.5 Å². The Labute approximate surface area is 202 Å². The number of hydrogen-bond donors (Lipinski definition) is 1. The zero-order chi connectivity index (χ0) is 23.8. The van der Waals surface area contributed by atoms with Gasteiger partial charge in [-0.25, -0.2) is 23.6 Å². The second kappa shape index (κ2) is 9.11. The number of imidazole rings is 1. The van der Waals surface area contributed by atoms with Crippen molar-refractivity contribution in [3.8, 4) is 16.5 Å². The number of aromatic nitrogens is 4. The maximum absolute atomic E-state index is 13.4. The van der Waals surface area contributed by atoms with Crippen molar-refractivity contribution in [1.29, 1.82) is 0 Å². The molecule has 1 aromatic carbocycles. The third-order valence-electron chi connectivity index (χ3n) is 5.67. The van der Waals surface area contributed by atoms with E-state index >= 15 is 0 Å². The fourth-order valence-corrected chi connectivity index (χ4v) is 5.05. The number of benzene rings is 1. The zero-order valence-electron chi connectivity index (χ0n) is 17.9. The van der Waals surface area contributed by atoms with E-state index in [2.05, 4.69) is 9.97 Å². The summed E-state index contributed by atoms with van der Waals surface area (Å²) in [5, 5.41) is 10.9. The number of rotatable bonds is 5. The van der Waals surface area contributed by atoms with Gasteiger partial charge in [0.25, 0.3) is 0 Å². The highest BCUT2D eigenvalue weighted by atomic mass is 35.5. The third-order valence-corrected chi connectivity index (χ3v) is 6.97. The predicted molar refractivity (Wildman–Crippen MR) is 126 cm³/mol. The van der Waals surface area contributed by atoms with Crippen molar-refractivity contribution in [3.63, 3.8) is 0 Å². The van der Waals surface area contributed by atoms with Crippen LogP contribution in [0.3, 0.4) is 0 Å². The minimum atomic E-state index is -0.641. The highest BCUT2D eigenvalue weighted by Crippen LogP contribution is 2.30. The molecule has 4 heterocycles. The van der Waals surface area contributed by atoms with Gasteiger partial charge in [0, 0.05) is 42.7 Å². The van der Waals surface area contributed by atoms with E-state index in [-0.39, 0.29) is 28.9 Å². The summed E-state index contributed by atoms with van der Waals surface area (Å²) in [5.74, 6) is -0.851. The molecule has 0 fully saturated rings. The van der Waals surface area contributed by atoms with Gasteiger partial charge in [-0.3, -0.25) is 4.79 Å². The molecule has 4 aromatic rings. The van der Waals surface area contributed by atoms with Crippen LogP contribution in [0.2, 0.25) is 5.02 Å². The van der Waals surface area contributed by atoms with Crippen LogP contribution in [-0.4, -0.2) is 47.3 Å². The van der Waals surface area contributed by atoms with Gasteiger partial charge in [0.1, 0.15) is 17.0 Å². The fraction of sp³-hybridized carbons (Fsp3) is 0.261. The smallest absolute Gasteiger partial charge is 0.406 e. The minimum absolute atomic E-state index is 0.0259. The molecule has 0 atom stereocenters. The van der Waals surface area contributed by atoms with E-state index in [0.29, 0.717) is 18.0 Å². The van der Waals surface area contributed by atoms with Gasteiger partial charge >= 0.3 is 11.5 Å². The Morgan fingerprint density at radius 2 is 2.15 bits per heavy atom. The fourth-order valence-electron chi connectivity index (χ4n) is 3.91. The molecule has 0 spiro atoms. The van der Waals surface area contributed by atoms with Crippen molar-refractivity contribution in [3.05, 3.63) is 68.4 Å². The van der Waals surface area contributed by atoms with Crippen LogP contribution >= 0.6 is 22.9 Å². The molecule has 34 heavy (non-hydrogen) atoms. The van der Waals surface area contributed by atoms with Crippen LogP contribution in [-0.2, 0) is 17.8 Å². The van der Waals surface area contributed by atoms with Crippen LogP contribution in [0.5, 0.6) is 5.75 Å². The van der Waals surface area contributed by atoms with E-state index in [1.807, 2.05) is 6.21 Å². The molecule has 0 radical (unpaired) electrons. The summed E-state index contributed by atoms with van der Waals surface area (Å²) in [7, 11) is 0. The lowest BCUT2D eigenvalue weighted by molar-refractivity contribution is -0.451. The van der Waals surface area contributed by atoms with E-state index in [9.17, 15) is 19.1 Å². The largest absolute Gasteiger partial charge is 0.501 e. The second-order valence-corrected chi connectivity index (χ2v) is 9.56. The lowest BCUT2D eigenvalue weighted by Gasteiger charge is -2.08. The highest BCUT2D eigenvalue weighted by molar-refractivity contribution is 7.15. The molecule has 0 unspecified atom stereocenters. The lowest BCUT2D eigenvalue weighted by atomic mass is 10.1. The number of nitrogens with zero attached hydrogens (tertiary/aromatic N) is 5. The summed E-state index contributed by atoms with van der Waals surface area (Å²) in [4.78, 5) is 35.1. The number of carbonyl (C=O) groups is 1. The van der Waals surface area contributed by atoms with Gasteiger partial charge in [-0.15, -0.1) is 11.3 Å². The van der Waals surface area contributed by atoms with Crippen molar-refractivity contribution >= 4 is 40.8 Å². The molecule has 0 aliphatic carbocycles. The van der Waals surface area contributed by atoms with Crippen LogP contribution < -0.4 is 5.56 Å². The molecular formula is C23H20ClFN5O3S+. The normalized spacial score (nSPS) is 13.9. The molecule has 5 rings (SSSR count). The monoisotopic (exact) mass is 500 g/mol. The maximum Gasteiger partial charge on any atom is 0.406 e. The standard InChI is InChI=1S/C23H19ClFN5O3S/c24-16-11-14(4-5-17(16)25)10-15-12-26-21(34-15)19-20(32)22(33)30-9-8-29(23(30)27-19)13-18(31)28-6-2-1-3-7-28/h4-6,8-9,11-12H,1-3,7,10,13H2/p+1. The van der Waals surface area contributed by atoms with Crippen molar-refractivity contribution in [1.82, 2.24) is 18.9 Å². The molecule has 11 heteroatoms. The average Bonchev–Trinajstić information content (AvgIpc) is 3.46. The van der Waals surface area contributed by atoms with Gasteiger partial charge in [0.05, 0.1) is 5.02 Å². The Morgan fingerprint density at radius 3 is 2.91 bits per heavy atom. The van der Waals surface area contributed by atoms with Crippen molar-refractivity contribution < 1.29 is 18.9 Å². The van der Waals surface area contributed by atoms with Crippen LogP contribution in [0.4, 0.5) is 4.39 Å². The molecule has 1 aliphatic heterocycles. The Balaban J connectivity index is 1.46. The number of halogens is 2. The summed E-state index contributed by atoms with van der Waals surface area (Å²) in [5.41, 5.74) is 0.212. The van der Waals surface area contributed by atoms with E-state index in [1.54, 1.807) is 33.7 Å². The SMILES string of the molecule is O=C(Cn1ccn2c(=O)c(O)c(-c3ncc(Cc4ccc(F)c(Cl)c4)s3)nc12)[N+]1=CCCCC1. The molecule has 1 N–H and O–H groups in total. The summed E-state index contributed by atoms with van der Waals surface area (Å²) >= 11 is 7.13. The minimum Gasteiger partial charge on any atom is -0.501 e. The molecule has 0 bridgehead atoms. The van der Waals surface area contributed by atoms with E-state index in [0.717, 1.165) is 29.7 Å². The molecule has 8 nitrogen and oxygen atoms in total. The van der Waals surface area contributed by atoms with Gasteiger partial charge in [-0.1, -0.05) is 17.7 Å². The van der Waals surface area contributed by atoms with E-state index in [1.165, 1.54) is 28.0 Å². The van der Waals surface area contributed by atoms with E-state index in [4.69, 9.17) is 11.6 Å². The molecule has 0 saturated carbocycles. The number of aromatic hydroxyl groups is 1. The topological polar surface area (TPSA) is 92.5 Å². The molecular weight excluding hydrogens is 481 g/mol. The summed E-state index contributed by atoms with van der Waals surface area (Å²) in [6.07, 6.45) is 9.95. The Bertz CT molecular complexity index is 1510. The second-order valence-electron chi connectivity index (χ2n) is 8.03. The van der Waals surface area contributed by atoms with Crippen LogP contribution in [0, 0.1) is 5.82 Å². The quantitative estimate of drug-likeness (QED) is 0.423. The third kappa shape index (κ3) is 4.26. The number of carbonyl (C=O) groups excluding carboxylic acids is 1. The van der Waals surface area contributed by atoms with Crippen molar-refractivity contribution in [2.75, 3.05) is 6.54 Å². The summed E-state index contributed by atoms with van der Waals surface area (Å²) in [6, 6.07) is 4.49. The first-order valence-electron chi connectivity index (χ1n) is 10.7. The number of amides is 1. The zero-order valence-corrected chi connectivity index (χ0v) is 19.5. The maximum atomic E-state index is 13.4. The van der Waals surface area contributed by atoms with Crippen molar-refractivity contribution in [2.45, 2.75) is 32.2 Å². The summed E-state index contributed by atoms with van der Waals surface area (Å²) in [6.45, 7) is 0.705. The van der Waals surface area contributed by atoms with Crippen LogP contribution in [0.1, 0.15) is 29.7 Å². The van der Waals surface area contributed by atoms with Gasteiger partial charge < -0.3 is 9.67 Å². The lowest BCUT2D eigenvalue weighted by Crippen LogP contribution is -2.29. The number of fused-ring (bicyclic) bond motifs is 1. The Hall–Kier alpha value is -3.37. The molecule has 1 amide bonds. The van der Waals surface area contributed by atoms with Crippen LogP contribution in [0.15, 0.2) is 41.6 Å². The van der Waals surface area contributed by atoms with Gasteiger partial charge in [0.2, 0.25) is 11.5 Å².